The molecule has 0 amide bonds. The highest BCUT2D eigenvalue weighted by molar-refractivity contribution is 5.79. The molecule has 0 aliphatic carbocycles. The van der Waals surface area contributed by atoms with Crippen molar-refractivity contribution in [2.24, 2.45) is 4.99 Å². The molecule has 1 aromatic carbocycles. The second-order valence-corrected chi connectivity index (χ2v) is 4.03. The van der Waals surface area contributed by atoms with E-state index in [0.717, 1.165) is 17.8 Å². The zero-order chi connectivity index (χ0) is 11.0. The number of nitrogens with one attached hydrogen (secondary N) is 1. The second-order valence-electron chi connectivity index (χ2n) is 4.03. The van der Waals surface area contributed by atoms with Crippen LogP contribution in [-0.2, 0) is 0 Å². The summed E-state index contributed by atoms with van der Waals surface area (Å²) in [6.45, 7) is 2.92. The molecule has 3 heteroatoms. The summed E-state index contributed by atoms with van der Waals surface area (Å²) in [5.74, 6) is 0. The van der Waals surface area contributed by atoms with Gasteiger partial charge < -0.3 is 0 Å². The van der Waals surface area contributed by atoms with Crippen LogP contribution in [0.2, 0.25) is 0 Å². The van der Waals surface area contributed by atoms with E-state index in [9.17, 15) is 0 Å². The van der Waals surface area contributed by atoms with Crippen LogP contribution in [0.3, 0.4) is 0 Å². The van der Waals surface area contributed by atoms with Crippen molar-refractivity contribution in [2.45, 2.75) is 13.1 Å². The number of benzene rings is 1. The van der Waals surface area contributed by atoms with Crippen LogP contribution in [0.1, 0.15) is 17.4 Å². The van der Waals surface area contributed by atoms with Crippen LogP contribution in [0.25, 0.3) is 10.9 Å². The number of fused-ring (bicyclic) bond motifs is 1. The molecule has 80 valence electrons. The number of nitrogens with zero attached hydrogens (tertiary/aromatic N) is 2. The van der Waals surface area contributed by atoms with Crippen molar-refractivity contribution >= 4 is 17.1 Å². The smallest absolute Gasteiger partial charge is 0.142 e. The van der Waals surface area contributed by atoms with Crippen molar-refractivity contribution in [3.05, 3.63) is 41.6 Å². The molecule has 2 heterocycles. The molecular weight excluding hydrogens is 198 g/mol. The summed E-state index contributed by atoms with van der Waals surface area (Å²) in [6.07, 6.45) is 1.94. The molecule has 0 radical (unpaired) electrons. The number of para-hydroxylation sites is 1. The van der Waals surface area contributed by atoms with Crippen molar-refractivity contribution in [1.29, 1.82) is 0 Å². The summed E-state index contributed by atoms with van der Waals surface area (Å²) in [5, 5.41) is 4.48. The van der Waals surface area contributed by atoms with E-state index in [4.69, 9.17) is 0 Å². The molecule has 1 N–H and O–H groups in total. The zero-order valence-corrected chi connectivity index (χ0v) is 9.14. The van der Waals surface area contributed by atoms with Gasteiger partial charge in [-0.25, -0.2) is 4.98 Å². The third kappa shape index (κ3) is 1.49. The average Bonchev–Trinajstić information content (AvgIpc) is 2.81. The topological polar surface area (TPSA) is 37.3 Å². The van der Waals surface area contributed by atoms with Gasteiger partial charge in [-0.05, 0) is 24.6 Å². The Balaban J connectivity index is 2.17. The molecule has 1 aliphatic rings. The van der Waals surface area contributed by atoms with Gasteiger partial charge in [0.15, 0.2) is 0 Å². The molecule has 0 spiro atoms. The summed E-state index contributed by atoms with van der Waals surface area (Å²) >= 11 is 0. The van der Waals surface area contributed by atoms with E-state index in [0.29, 0.717) is 0 Å². The largest absolute Gasteiger partial charge is 0.286 e. The van der Waals surface area contributed by atoms with Crippen molar-refractivity contribution in [3.8, 4) is 0 Å². The Morgan fingerprint density at radius 2 is 2.19 bits per heavy atom. The Hall–Kier alpha value is -1.74. The van der Waals surface area contributed by atoms with Gasteiger partial charge in [0.25, 0.3) is 0 Å². The van der Waals surface area contributed by atoms with Crippen molar-refractivity contribution in [3.63, 3.8) is 0 Å². The summed E-state index contributed by atoms with van der Waals surface area (Å²) < 4.78 is 0. The maximum atomic E-state index is 4.68. The molecular formula is C13H13N3. The predicted molar refractivity (Wildman–Crippen MR) is 65.7 cm³/mol. The van der Waals surface area contributed by atoms with Gasteiger partial charge in [0.2, 0.25) is 0 Å². The van der Waals surface area contributed by atoms with Crippen molar-refractivity contribution in [1.82, 2.24) is 10.3 Å². The first-order valence-electron chi connectivity index (χ1n) is 5.46. The maximum Gasteiger partial charge on any atom is 0.142 e. The lowest BCUT2D eigenvalue weighted by molar-refractivity contribution is 0.623. The highest BCUT2D eigenvalue weighted by Crippen LogP contribution is 2.22. The maximum absolute atomic E-state index is 4.68. The average molecular weight is 211 g/mol. The van der Waals surface area contributed by atoms with E-state index in [1.165, 1.54) is 10.9 Å². The van der Waals surface area contributed by atoms with Gasteiger partial charge in [-0.1, -0.05) is 18.2 Å². The summed E-state index contributed by atoms with van der Waals surface area (Å²) in [6, 6.07) is 10.4. The van der Waals surface area contributed by atoms with Gasteiger partial charge in [0.05, 0.1) is 11.2 Å². The Bertz CT molecular complexity index is 560. The number of hydrogen-bond acceptors (Lipinski definition) is 3. The molecule has 0 bridgehead atoms. The minimum absolute atomic E-state index is 0.0320. The molecule has 0 saturated heterocycles. The molecule has 2 aromatic rings. The zero-order valence-electron chi connectivity index (χ0n) is 9.14. The highest BCUT2D eigenvalue weighted by Gasteiger charge is 2.16. The van der Waals surface area contributed by atoms with E-state index in [1.807, 2.05) is 24.4 Å². The molecule has 1 atom stereocenters. The summed E-state index contributed by atoms with van der Waals surface area (Å²) in [4.78, 5) is 9.06. The first-order valence-corrected chi connectivity index (χ1v) is 5.46. The first-order chi connectivity index (χ1) is 7.84. The van der Waals surface area contributed by atoms with Crippen molar-refractivity contribution in [2.75, 3.05) is 6.54 Å². The third-order valence-electron chi connectivity index (χ3n) is 2.87. The summed E-state index contributed by atoms with van der Waals surface area (Å²) in [5.41, 5.74) is 3.26. The Morgan fingerprint density at radius 1 is 1.31 bits per heavy atom. The number of aliphatic imine (C=N–C) groups is 1. The lowest BCUT2D eigenvalue weighted by Gasteiger charge is -2.11. The van der Waals surface area contributed by atoms with E-state index < -0.39 is 0 Å². The number of pyridine rings is 1. The highest BCUT2D eigenvalue weighted by atomic mass is 15.1. The van der Waals surface area contributed by atoms with Crippen LogP contribution in [-0.4, -0.2) is 17.7 Å². The van der Waals surface area contributed by atoms with Crippen LogP contribution >= 0.6 is 0 Å². The van der Waals surface area contributed by atoms with E-state index in [1.54, 1.807) is 0 Å². The first kappa shape index (κ1) is 9.48. The molecule has 0 unspecified atom stereocenters. The van der Waals surface area contributed by atoms with Gasteiger partial charge in [0, 0.05) is 18.1 Å². The fraction of sp³-hybridized carbons (Fsp3) is 0.231. The van der Waals surface area contributed by atoms with E-state index >= 15 is 0 Å². The van der Waals surface area contributed by atoms with Crippen LogP contribution in [0.15, 0.2) is 35.3 Å². The molecule has 1 aromatic heterocycles. The molecule has 16 heavy (non-hydrogen) atoms. The van der Waals surface area contributed by atoms with Gasteiger partial charge in [-0.3, -0.25) is 10.3 Å². The number of aryl methyl sites for hydroxylation is 1. The molecule has 3 rings (SSSR count). The molecule has 3 nitrogen and oxygen atoms in total. The lowest BCUT2D eigenvalue weighted by Crippen LogP contribution is -2.16. The van der Waals surface area contributed by atoms with Gasteiger partial charge >= 0.3 is 0 Å². The van der Waals surface area contributed by atoms with Gasteiger partial charge in [-0.2, -0.15) is 0 Å². The molecule has 1 aliphatic heterocycles. The number of hydrogen-bond donors (Lipinski definition) is 1. The molecule has 0 saturated carbocycles. The third-order valence-corrected chi connectivity index (χ3v) is 2.87. The van der Waals surface area contributed by atoms with Crippen LogP contribution < -0.4 is 5.32 Å². The van der Waals surface area contributed by atoms with E-state index in [2.05, 4.69) is 34.3 Å². The fourth-order valence-corrected chi connectivity index (χ4v) is 2.06. The molecule has 0 fully saturated rings. The Morgan fingerprint density at radius 3 is 3.00 bits per heavy atom. The van der Waals surface area contributed by atoms with Gasteiger partial charge in [0.1, 0.15) is 6.17 Å². The number of aromatic nitrogens is 1. The van der Waals surface area contributed by atoms with Crippen LogP contribution in [0.5, 0.6) is 0 Å². The quantitative estimate of drug-likeness (QED) is 0.785. The predicted octanol–water partition coefficient (Wildman–Crippen LogP) is 2.22. The second kappa shape index (κ2) is 3.68. The summed E-state index contributed by atoms with van der Waals surface area (Å²) in [7, 11) is 0. The van der Waals surface area contributed by atoms with Crippen LogP contribution in [0.4, 0.5) is 0 Å². The van der Waals surface area contributed by atoms with Crippen molar-refractivity contribution < 1.29 is 0 Å². The minimum Gasteiger partial charge on any atom is -0.286 e. The van der Waals surface area contributed by atoms with Crippen LogP contribution in [0, 0.1) is 6.92 Å². The van der Waals surface area contributed by atoms with Gasteiger partial charge in [-0.15, -0.1) is 0 Å². The van der Waals surface area contributed by atoms with E-state index in [-0.39, 0.29) is 6.17 Å². The normalized spacial score (nSPS) is 19.4. The lowest BCUT2D eigenvalue weighted by atomic mass is 10.1. The SMILES string of the molecule is Cc1cc2ccccc2nc1[C@@H]1N=CCN1. The number of rotatable bonds is 1. The minimum atomic E-state index is 0.0320. The Kier molecular flexibility index (Phi) is 2.18. The Labute approximate surface area is 94.2 Å². The monoisotopic (exact) mass is 211 g/mol. The standard InChI is InChI=1S/C13H13N3/c1-9-8-10-4-2-3-5-11(10)16-12(9)13-14-6-7-15-13/h2-6,8,13,15H,7H2,1H3/t13-/m1/s1. The fourth-order valence-electron chi connectivity index (χ4n) is 2.06.